The van der Waals surface area contributed by atoms with Gasteiger partial charge in [0.2, 0.25) is 11.8 Å². The van der Waals surface area contributed by atoms with Crippen molar-refractivity contribution in [3.63, 3.8) is 0 Å². The number of hydrogen-bond donors (Lipinski definition) is 1. The molecule has 1 saturated heterocycles. The molecule has 1 atom stereocenters. The summed E-state index contributed by atoms with van der Waals surface area (Å²) < 4.78 is 0. The zero-order valence-corrected chi connectivity index (χ0v) is 13.1. The van der Waals surface area contributed by atoms with Gasteiger partial charge in [-0.15, -0.1) is 0 Å². The molecule has 0 aromatic rings. The fourth-order valence-corrected chi connectivity index (χ4v) is 3.31. The van der Waals surface area contributed by atoms with Crippen molar-refractivity contribution in [1.29, 1.82) is 0 Å². The molecule has 1 saturated carbocycles. The van der Waals surface area contributed by atoms with Gasteiger partial charge in [-0.2, -0.15) is 0 Å². The van der Waals surface area contributed by atoms with Crippen LogP contribution in [0.25, 0.3) is 0 Å². The summed E-state index contributed by atoms with van der Waals surface area (Å²) in [7, 11) is 0. The summed E-state index contributed by atoms with van der Waals surface area (Å²) in [6.07, 6.45) is 8.28. The SMILES string of the molecule is CC(C)(C)C1NC(=O)CN(C2CCCCCCC2)C1=O. The van der Waals surface area contributed by atoms with Crippen molar-refractivity contribution in [3.8, 4) is 0 Å². The Bertz CT molecular complexity index is 365. The van der Waals surface area contributed by atoms with Crippen molar-refractivity contribution in [1.82, 2.24) is 10.2 Å². The first-order valence-electron chi connectivity index (χ1n) is 7.99. The van der Waals surface area contributed by atoms with E-state index in [1.54, 1.807) is 0 Å². The molecule has 2 rings (SSSR count). The molecule has 4 heteroatoms. The summed E-state index contributed by atoms with van der Waals surface area (Å²) in [5, 5.41) is 2.87. The van der Waals surface area contributed by atoms with E-state index in [1.165, 1.54) is 32.1 Å². The second-order valence-corrected chi connectivity index (χ2v) is 7.33. The molecular formula is C16H28N2O2. The van der Waals surface area contributed by atoms with Crippen molar-refractivity contribution in [3.05, 3.63) is 0 Å². The number of carbonyl (C=O) groups excluding carboxylic acids is 2. The quantitative estimate of drug-likeness (QED) is 0.802. The molecule has 0 aromatic heterocycles. The summed E-state index contributed by atoms with van der Waals surface area (Å²) in [5.74, 6) is 0.106. The Morgan fingerprint density at radius 3 is 2.10 bits per heavy atom. The average molecular weight is 280 g/mol. The molecule has 0 aromatic carbocycles. The van der Waals surface area contributed by atoms with Crippen LogP contribution in [0.3, 0.4) is 0 Å². The lowest BCUT2D eigenvalue weighted by Crippen LogP contribution is -2.64. The zero-order valence-electron chi connectivity index (χ0n) is 13.1. The third-order valence-corrected chi connectivity index (χ3v) is 4.53. The number of nitrogens with zero attached hydrogens (tertiary/aromatic N) is 1. The van der Waals surface area contributed by atoms with Crippen molar-refractivity contribution >= 4 is 11.8 Å². The molecule has 1 heterocycles. The minimum Gasteiger partial charge on any atom is -0.342 e. The van der Waals surface area contributed by atoms with E-state index in [1.807, 2.05) is 25.7 Å². The Kier molecular flexibility index (Phi) is 4.71. The maximum atomic E-state index is 12.7. The Hall–Kier alpha value is -1.06. The topological polar surface area (TPSA) is 49.4 Å². The minimum atomic E-state index is -0.380. The maximum absolute atomic E-state index is 12.7. The summed E-state index contributed by atoms with van der Waals surface area (Å²) in [4.78, 5) is 26.6. The standard InChI is InChI=1S/C16H28N2O2/c1-16(2,3)14-15(20)18(11-13(19)17-14)12-9-7-5-4-6-8-10-12/h12,14H,4-11H2,1-3H3,(H,17,19). The van der Waals surface area contributed by atoms with E-state index >= 15 is 0 Å². The number of piperazine rings is 1. The van der Waals surface area contributed by atoms with Crippen LogP contribution >= 0.6 is 0 Å². The van der Waals surface area contributed by atoms with Gasteiger partial charge in [-0.05, 0) is 18.3 Å². The van der Waals surface area contributed by atoms with Crippen LogP contribution < -0.4 is 5.32 Å². The van der Waals surface area contributed by atoms with Gasteiger partial charge < -0.3 is 10.2 Å². The van der Waals surface area contributed by atoms with E-state index in [2.05, 4.69) is 5.32 Å². The highest BCUT2D eigenvalue weighted by Crippen LogP contribution is 2.27. The van der Waals surface area contributed by atoms with Crippen molar-refractivity contribution < 1.29 is 9.59 Å². The van der Waals surface area contributed by atoms with Gasteiger partial charge in [-0.1, -0.05) is 52.9 Å². The van der Waals surface area contributed by atoms with Gasteiger partial charge >= 0.3 is 0 Å². The van der Waals surface area contributed by atoms with E-state index in [0.717, 1.165) is 12.8 Å². The molecule has 1 N–H and O–H groups in total. The molecule has 2 amide bonds. The lowest BCUT2D eigenvalue weighted by atomic mass is 9.84. The van der Waals surface area contributed by atoms with Gasteiger partial charge in [0.1, 0.15) is 6.04 Å². The van der Waals surface area contributed by atoms with Crippen LogP contribution in [0.15, 0.2) is 0 Å². The highest BCUT2D eigenvalue weighted by atomic mass is 16.2. The molecule has 1 aliphatic carbocycles. The van der Waals surface area contributed by atoms with Gasteiger partial charge in [0.25, 0.3) is 0 Å². The predicted molar refractivity (Wildman–Crippen MR) is 79.2 cm³/mol. The van der Waals surface area contributed by atoms with Gasteiger partial charge in [0, 0.05) is 6.04 Å². The van der Waals surface area contributed by atoms with Crippen LogP contribution in [0.2, 0.25) is 0 Å². The minimum absolute atomic E-state index is 0.00779. The molecule has 0 bridgehead atoms. The van der Waals surface area contributed by atoms with Gasteiger partial charge in [-0.3, -0.25) is 9.59 Å². The van der Waals surface area contributed by atoms with Crippen molar-refractivity contribution in [2.75, 3.05) is 6.54 Å². The molecule has 1 aliphatic heterocycles. The molecule has 20 heavy (non-hydrogen) atoms. The first-order valence-corrected chi connectivity index (χ1v) is 7.99. The van der Waals surface area contributed by atoms with Gasteiger partial charge in [0.15, 0.2) is 0 Å². The first-order chi connectivity index (χ1) is 9.39. The van der Waals surface area contributed by atoms with Crippen LogP contribution in [-0.2, 0) is 9.59 Å². The number of amides is 2. The van der Waals surface area contributed by atoms with E-state index in [4.69, 9.17) is 0 Å². The monoisotopic (exact) mass is 280 g/mol. The summed E-state index contributed by atoms with van der Waals surface area (Å²) >= 11 is 0. The van der Waals surface area contributed by atoms with Crippen LogP contribution in [0.4, 0.5) is 0 Å². The lowest BCUT2D eigenvalue weighted by molar-refractivity contribution is -0.150. The molecule has 1 unspecified atom stereocenters. The molecule has 2 fully saturated rings. The summed E-state index contributed by atoms with van der Waals surface area (Å²) in [6.45, 7) is 6.28. The number of carbonyl (C=O) groups is 2. The number of rotatable bonds is 1. The fraction of sp³-hybridized carbons (Fsp3) is 0.875. The smallest absolute Gasteiger partial charge is 0.246 e. The molecule has 0 radical (unpaired) electrons. The summed E-state index contributed by atoms with van der Waals surface area (Å²) in [5.41, 5.74) is -0.229. The second kappa shape index (κ2) is 6.15. The zero-order chi connectivity index (χ0) is 14.8. The van der Waals surface area contributed by atoms with Crippen LogP contribution in [-0.4, -0.2) is 35.3 Å². The van der Waals surface area contributed by atoms with Gasteiger partial charge in [-0.25, -0.2) is 0 Å². The highest BCUT2D eigenvalue weighted by Gasteiger charge is 2.41. The Morgan fingerprint density at radius 1 is 1.00 bits per heavy atom. The molecular weight excluding hydrogens is 252 g/mol. The van der Waals surface area contributed by atoms with Crippen LogP contribution in [0.1, 0.15) is 65.7 Å². The number of hydrogen-bond acceptors (Lipinski definition) is 2. The highest BCUT2D eigenvalue weighted by molar-refractivity contribution is 5.95. The van der Waals surface area contributed by atoms with Crippen molar-refractivity contribution in [2.24, 2.45) is 5.41 Å². The molecule has 4 nitrogen and oxygen atoms in total. The van der Waals surface area contributed by atoms with Gasteiger partial charge in [0.05, 0.1) is 6.54 Å². The fourth-order valence-electron chi connectivity index (χ4n) is 3.31. The third kappa shape index (κ3) is 3.53. The van der Waals surface area contributed by atoms with Crippen LogP contribution in [0, 0.1) is 5.41 Å². The molecule has 0 spiro atoms. The van der Waals surface area contributed by atoms with Crippen LogP contribution in [0.5, 0.6) is 0 Å². The Labute approximate surface area is 122 Å². The third-order valence-electron chi connectivity index (χ3n) is 4.53. The number of nitrogens with one attached hydrogen (secondary N) is 1. The van der Waals surface area contributed by atoms with E-state index < -0.39 is 0 Å². The predicted octanol–water partition coefficient (Wildman–Crippen LogP) is 2.47. The molecule has 2 aliphatic rings. The average Bonchev–Trinajstić information content (AvgIpc) is 2.30. The van der Waals surface area contributed by atoms with E-state index in [0.29, 0.717) is 0 Å². The van der Waals surface area contributed by atoms with E-state index in [-0.39, 0.29) is 35.9 Å². The largest absolute Gasteiger partial charge is 0.342 e. The second-order valence-electron chi connectivity index (χ2n) is 7.33. The normalized spacial score (nSPS) is 26.9. The Morgan fingerprint density at radius 2 is 1.55 bits per heavy atom. The van der Waals surface area contributed by atoms with Crippen molar-refractivity contribution in [2.45, 2.75) is 77.8 Å². The first kappa shape index (κ1) is 15.3. The maximum Gasteiger partial charge on any atom is 0.246 e. The summed E-state index contributed by atoms with van der Waals surface area (Å²) in [6, 6.07) is -0.118. The molecule has 114 valence electrons. The Balaban J connectivity index is 2.12. The lowest BCUT2D eigenvalue weighted by Gasteiger charge is -2.42. The van der Waals surface area contributed by atoms with E-state index in [9.17, 15) is 9.59 Å².